The zero-order valence-corrected chi connectivity index (χ0v) is 9.60. The summed E-state index contributed by atoms with van der Waals surface area (Å²) in [5, 5.41) is 11.5. The number of hydrogen-bond acceptors (Lipinski definition) is 5. The second kappa shape index (κ2) is 4.85. The van der Waals surface area contributed by atoms with Crippen molar-refractivity contribution in [2.45, 2.75) is 31.2 Å². The van der Waals surface area contributed by atoms with E-state index in [0.29, 0.717) is 12.4 Å². The van der Waals surface area contributed by atoms with E-state index >= 15 is 0 Å². The Morgan fingerprint density at radius 3 is 2.80 bits per heavy atom. The lowest BCUT2D eigenvalue weighted by atomic mass is 10.2. The largest absolute Gasteiger partial charge is 0.480 e. The fourth-order valence-corrected chi connectivity index (χ4v) is 2.38. The molecule has 0 aromatic carbocycles. The van der Waals surface area contributed by atoms with Crippen LogP contribution in [0.2, 0.25) is 0 Å². The van der Waals surface area contributed by atoms with Gasteiger partial charge in [-0.1, -0.05) is 6.92 Å². The first-order chi connectivity index (χ1) is 6.99. The van der Waals surface area contributed by atoms with Crippen LogP contribution >= 0.6 is 11.8 Å². The number of carboxylic acids is 1. The Labute approximate surface area is 92.6 Å². The lowest BCUT2D eigenvalue weighted by Crippen LogP contribution is -2.49. The van der Waals surface area contributed by atoms with Crippen molar-refractivity contribution in [2.75, 3.05) is 12.4 Å². The van der Waals surface area contributed by atoms with E-state index in [9.17, 15) is 9.59 Å². The highest BCUT2D eigenvalue weighted by atomic mass is 32.2. The van der Waals surface area contributed by atoms with Crippen LogP contribution in [0.25, 0.3) is 0 Å². The van der Waals surface area contributed by atoms with Crippen molar-refractivity contribution in [1.82, 2.24) is 5.32 Å². The molecule has 1 rings (SSSR count). The Morgan fingerprint density at radius 1 is 1.67 bits per heavy atom. The monoisotopic (exact) mass is 233 g/mol. The zero-order valence-electron chi connectivity index (χ0n) is 8.78. The third-order valence-corrected chi connectivity index (χ3v) is 3.48. The topological polar surface area (TPSA) is 75.6 Å². The van der Waals surface area contributed by atoms with Crippen LogP contribution in [0, 0.1) is 0 Å². The summed E-state index contributed by atoms with van der Waals surface area (Å²) >= 11 is 1.27. The summed E-state index contributed by atoms with van der Waals surface area (Å²) in [4.78, 5) is 21.4. The predicted molar refractivity (Wildman–Crippen MR) is 56.7 cm³/mol. The molecule has 0 aliphatic carbocycles. The number of hydrogen-bond donors (Lipinski definition) is 2. The minimum absolute atomic E-state index is 0.369. The molecule has 1 aliphatic heterocycles. The molecule has 1 fully saturated rings. The molecule has 1 unspecified atom stereocenters. The van der Waals surface area contributed by atoms with Crippen molar-refractivity contribution in [3.8, 4) is 0 Å². The molecular formula is C9H15NO4S. The number of esters is 1. The molecule has 2 N–H and O–H groups in total. The Balaban J connectivity index is 2.54. The lowest BCUT2D eigenvalue weighted by Gasteiger charge is -2.21. The minimum atomic E-state index is -0.936. The summed E-state index contributed by atoms with van der Waals surface area (Å²) in [7, 11) is 0. The van der Waals surface area contributed by atoms with Crippen molar-refractivity contribution in [2.24, 2.45) is 0 Å². The summed E-state index contributed by atoms with van der Waals surface area (Å²) in [6.07, 6.45) is 0.759. The van der Waals surface area contributed by atoms with Crippen LogP contribution in [0.3, 0.4) is 0 Å². The van der Waals surface area contributed by atoms with Crippen LogP contribution in [0.5, 0.6) is 0 Å². The van der Waals surface area contributed by atoms with Crippen molar-refractivity contribution in [3.63, 3.8) is 0 Å². The average molecular weight is 233 g/mol. The van der Waals surface area contributed by atoms with Gasteiger partial charge in [0.2, 0.25) is 0 Å². The number of aliphatic carboxylic acids is 1. The van der Waals surface area contributed by atoms with Gasteiger partial charge in [0, 0.05) is 5.75 Å². The zero-order chi connectivity index (χ0) is 11.5. The van der Waals surface area contributed by atoms with Gasteiger partial charge in [0.15, 0.2) is 4.87 Å². The molecule has 0 spiro atoms. The summed E-state index contributed by atoms with van der Waals surface area (Å²) in [5.41, 5.74) is 0. The number of ether oxygens (including phenoxy) is 1. The van der Waals surface area contributed by atoms with Crippen LogP contribution in [0.1, 0.15) is 20.3 Å². The van der Waals surface area contributed by atoms with Gasteiger partial charge in [-0.3, -0.25) is 10.1 Å². The number of thioether (sulfide) groups is 1. The van der Waals surface area contributed by atoms with Crippen LogP contribution in [0.4, 0.5) is 0 Å². The van der Waals surface area contributed by atoms with Crippen molar-refractivity contribution in [3.05, 3.63) is 0 Å². The van der Waals surface area contributed by atoms with Gasteiger partial charge in [0.05, 0.1) is 6.61 Å². The summed E-state index contributed by atoms with van der Waals surface area (Å²) in [6, 6.07) is -0.672. The van der Waals surface area contributed by atoms with E-state index in [1.165, 1.54) is 11.8 Å². The number of carbonyl (C=O) groups is 2. The molecule has 2 atom stereocenters. The van der Waals surface area contributed by atoms with Crippen LogP contribution < -0.4 is 5.32 Å². The second-order valence-electron chi connectivity index (χ2n) is 3.52. The molecule has 5 nitrogen and oxygen atoms in total. The van der Waals surface area contributed by atoms with Gasteiger partial charge in [0.1, 0.15) is 6.04 Å². The molecule has 86 valence electrons. The smallest absolute Gasteiger partial charge is 0.336 e. The van der Waals surface area contributed by atoms with Gasteiger partial charge < -0.3 is 9.84 Å². The number of nitrogens with one attached hydrogen (secondary N) is 1. The third kappa shape index (κ3) is 2.85. The second-order valence-corrected chi connectivity index (χ2v) is 4.95. The molecule has 0 radical (unpaired) electrons. The Kier molecular flexibility index (Phi) is 3.98. The average Bonchev–Trinajstić information content (AvgIpc) is 2.59. The highest BCUT2D eigenvalue weighted by molar-refractivity contribution is 8.01. The summed E-state index contributed by atoms with van der Waals surface area (Å²) in [5.74, 6) is -0.944. The van der Waals surface area contributed by atoms with E-state index in [0.717, 1.165) is 6.42 Å². The van der Waals surface area contributed by atoms with Gasteiger partial charge >= 0.3 is 11.9 Å². The molecule has 0 amide bonds. The molecule has 1 saturated heterocycles. The SMILES string of the molecule is CCCOC(=O)C1(C)N[C@H](C(=O)O)CS1. The molecule has 0 aromatic rings. The van der Waals surface area contributed by atoms with E-state index in [2.05, 4.69) is 5.32 Å². The Morgan fingerprint density at radius 2 is 2.33 bits per heavy atom. The van der Waals surface area contributed by atoms with Gasteiger partial charge in [-0.15, -0.1) is 11.8 Å². The van der Waals surface area contributed by atoms with E-state index < -0.39 is 22.9 Å². The van der Waals surface area contributed by atoms with Crippen LogP contribution in [-0.2, 0) is 14.3 Å². The highest BCUT2D eigenvalue weighted by Crippen LogP contribution is 2.31. The molecule has 0 saturated carbocycles. The van der Waals surface area contributed by atoms with Crippen LogP contribution in [0.15, 0.2) is 0 Å². The first-order valence-corrected chi connectivity index (χ1v) is 5.80. The van der Waals surface area contributed by atoms with E-state index in [4.69, 9.17) is 9.84 Å². The molecule has 0 bridgehead atoms. The van der Waals surface area contributed by atoms with Gasteiger partial charge in [-0.2, -0.15) is 0 Å². The van der Waals surface area contributed by atoms with Crippen LogP contribution in [-0.4, -0.2) is 40.3 Å². The molecule has 1 heterocycles. The fourth-order valence-electron chi connectivity index (χ4n) is 1.25. The number of carbonyl (C=O) groups excluding carboxylic acids is 1. The van der Waals surface area contributed by atoms with Gasteiger partial charge in [0.25, 0.3) is 0 Å². The lowest BCUT2D eigenvalue weighted by molar-refractivity contribution is -0.147. The van der Waals surface area contributed by atoms with E-state index in [1.807, 2.05) is 6.92 Å². The fraction of sp³-hybridized carbons (Fsp3) is 0.778. The van der Waals surface area contributed by atoms with Crippen molar-refractivity contribution < 1.29 is 19.4 Å². The molecule has 6 heteroatoms. The van der Waals surface area contributed by atoms with E-state index in [-0.39, 0.29) is 0 Å². The molecular weight excluding hydrogens is 218 g/mol. The van der Waals surface area contributed by atoms with Gasteiger partial charge in [-0.05, 0) is 13.3 Å². The Bertz CT molecular complexity index is 271. The molecule has 1 aliphatic rings. The normalized spacial score (nSPS) is 30.1. The highest BCUT2D eigenvalue weighted by Gasteiger charge is 2.45. The predicted octanol–water partition coefficient (Wildman–Crippen LogP) is 0.445. The molecule has 0 aromatic heterocycles. The quantitative estimate of drug-likeness (QED) is 0.686. The maximum atomic E-state index is 11.6. The number of rotatable bonds is 4. The van der Waals surface area contributed by atoms with Crippen molar-refractivity contribution in [1.29, 1.82) is 0 Å². The minimum Gasteiger partial charge on any atom is -0.480 e. The van der Waals surface area contributed by atoms with Gasteiger partial charge in [-0.25, -0.2) is 4.79 Å². The summed E-state index contributed by atoms with van der Waals surface area (Å²) < 4.78 is 4.99. The standard InChI is InChI=1S/C9H15NO4S/c1-3-4-14-8(13)9(2)10-6(5-15-9)7(11)12/h6,10H,3-5H2,1-2H3,(H,11,12)/t6-,9?/m0/s1. The van der Waals surface area contributed by atoms with Crippen molar-refractivity contribution >= 4 is 23.7 Å². The summed E-state index contributed by atoms with van der Waals surface area (Å²) in [6.45, 7) is 3.93. The first kappa shape index (κ1) is 12.3. The van der Waals surface area contributed by atoms with E-state index in [1.54, 1.807) is 6.92 Å². The third-order valence-electron chi connectivity index (χ3n) is 2.11. The maximum Gasteiger partial charge on any atom is 0.336 e. The maximum absolute atomic E-state index is 11.6. The first-order valence-electron chi connectivity index (χ1n) is 4.81. The number of carboxylic acid groups (broad SMARTS) is 1. The Hall–Kier alpha value is -0.750. The molecule has 15 heavy (non-hydrogen) atoms.